The maximum absolute atomic E-state index is 11.5. The number of carbonyl (C=O) groups excluding carboxylic acids is 1. The minimum absolute atomic E-state index is 0.170. The van der Waals surface area contributed by atoms with Gasteiger partial charge in [0.1, 0.15) is 6.10 Å². The molecule has 1 atom stereocenters. The second-order valence-electron chi connectivity index (χ2n) is 4.00. The van der Waals surface area contributed by atoms with E-state index < -0.39 is 6.10 Å². The SMILES string of the molecule is COC(C)C(=O)NCc1n[nH]c(=S)n1C(C)C. The van der Waals surface area contributed by atoms with Gasteiger partial charge in [-0.05, 0) is 33.0 Å². The van der Waals surface area contributed by atoms with Crippen LogP contribution in [0, 0.1) is 4.77 Å². The first kappa shape index (κ1) is 13.9. The lowest BCUT2D eigenvalue weighted by molar-refractivity contribution is -0.130. The summed E-state index contributed by atoms with van der Waals surface area (Å²) in [6.45, 7) is 6.04. The van der Waals surface area contributed by atoms with Crippen molar-refractivity contribution in [3.63, 3.8) is 0 Å². The zero-order valence-electron chi connectivity index (χ0n) is 10.5. The predicted molar refractivity (Wildman–Crippen MR) is 66.1 cm³/mol. The van der Waals surface area contributed by atoms with E-state index in [1.807, 2.05) is 18.4 Å². The molecule has 0 spiro atoms. The highest BCUT2D eigenvalue weighted by atomic mass is 32.1. The maximum atomic E-state index is 11.5. The van der Waals surface area contributed by atoms with Gasteiger partial charge in [-0.1, -0.05) is 0 Å². The number of aromatic nitrogens is 3. The monoisotopic (exact) mass is 258 g/mol. The van der Waals surface area contributed by atoms with E-state index in [0.29, 0.717) is 17.1 Å². The fourth-order valence-electron chi connectivity index (χ4n) is 1.41. The Morgan fingerprint density at radius 2 is 2.24 bits per heavy atom. The van der Waals surface area contributed by atoms with Gasteiger partial charge in [-0.2, -0.15) is 5.10 Å². The molecule has 1 unspecified atom stereocenters. The summed E-state index contributed by atoms with van der Waals surface area (Å²) in [5.74, 6) is 0.540. The van der Waals surface area contributed by atoms with E-state index in [-0.39, 0.29) is 11.9 Å². The Morgan fingerprint density at radius 3 is 2.76 bits per heavy atom. The molecule has 17 heavy (non-hydrogen) atoms. The lowest BCUT2D eigenvalue weighted by Crippen LogP contribution is -2.34. The average Bonchev–Trinajstić information content (AvgIpc) is 2.66. The van der Waals surface area contributed by atoms with Crippen molar-refractivity contribution in [2.24, 2.45) is 0 Å². The highest BCUT2D eigenvalue weighted by molar-refractivity contribution is 7.71. The quantitative estimate of drug-likeness (QED) is 0.778. The second kappa shape index (κ2) is 5.92. The molecule has 0 saturated heterocycles. The molecule has 1 amide bonds. The van der Waals surface area contributed by atoms with Crippen molar-refractivity contribution in [2.45, 2.75) is 39.5 Å². The van der Waals surface area contributed by atoms with Gasteiger partial charge in [-0.15, -0.1) is 0 Å². The standard InChI is InChI=1S/C10H18N4O2S/c1-6(2)14-8(12-13-10(14)17)5-11-9(15)7(3)16-4/h6-7H,5H2,1-4H3,(H,11,15)(H,13,17). The van der Waals surface area contributed by atoms with Crippen molar-refractivity contribution in [3.8, 4) is 0 Å². The summed E-state index contributed by atoms with van der Waals surface area (Å²) >= 11 is 5.11. The first-order valence-corrected chi connectivity index (χ1v) is 5.84. The Bertz CT molecular complexity index is 438. The number of methoxy groups -OCH3 is 1. The van der Waals surface area contributed by atoms with Crippen molar-refractivity contribution in [2.75, 3.05) is 7.11 Å². The van der Waals surface area contributed by atoms with E-state index in [9.17, 15) is 4.79 Å². The molecule has 0 aromatic carbocycles. The number of H-pyrrole nitrogens is 1. The van der Waals surface area contributed by atoms with Crippen LogP contribution in [0.2, 0.25) is 0 Å². The summed E-state index contributed by atoms with van der Waals surface area (Å²) in [6, 6.07) is 0.202. The second-order valence-corrected chi connectivity index (χ2v) is 4.39. The van der Waals surface area contributed by atoms with Crippen LogP contribution in [0.25, 0.3) is 0 Å². The number of aromatic amines is 1. The first-order chi connectivity index (χ1) is 7.97. The third-order valence-corrected chi connectivity index (χ3v) is 2.73. The highest BCUT2D eigenvalue weighted by Crippen LogP contribution is 2.08. The molecule has 96 valence electrons. The molecule has 6 nitrogen and oxygen atoms in total. The lowest BCUT2D eigenvalue weighted by Gasteiger charge is -2.12. The molecule has 2 N–H and O–H groups in total. The van der Waals surface area contributed by atoms with Gasteiger partial charge >= 0.3 is 0 Å². The summed E-state index contributed by atoms with van der Waals surface area (Å²) in [4.78, 5) is 11.5. The molecule has 1 aromatic heterocycles. The fourth-order valence-corrected chi connectivity index (χ4v) is 1.77. The van der Waals surface area contributed by atoms with Gasteiger partial charge in [-0.25, -0.2) is 0 Å². The maximum Gasteiger partial charge on any atom is 0.249 e. The molecule has 1 rings (SSSR count). The van der Waals surface area contributed by atoms with Crippen LogP contribution in [0.4, 0.5) is 0 Å². The van der Waals surface area contributed by atoms with E-state index in [1.165, 1.54) is 7.11 Å². The van der Waals surface area contributed by atoms with Crippen LogP contribution >= 0.6 is 12.2 Å². The summed E-state index contributed by atoms with van der Waals surface area (Å²) in [5, 5.41) is 9.55. The Hall–Kier alpha value is -1.21. The van der Waals surface area contributed by atoms with Gasteiger partial charge in [0, 0.05) is 13.2 Å². The van der Waals surface area contributed by atoms with Gasteiger partial charge in [-0.3, -0.25) is 9.89 Å². The molecular weight excluding hydrogens is 240 g/mol. The Morgan fingerprint density at radius 1 is 1.59 bits per heavy atom. The number of rotatable bonds is 5. The third-order valence-electron chi connectivity index (χ3n) is 2.44. The third kappa shape index (κ3) is 3.37. The summed E-state index contributed by atoms with van der Waals surface area (Å²) < 4.78 is 7.34. The zero-order chi connectivity index (χ0) is 13.0. The molecule has 1 aromatic rings. The largest absolute Gasteiger partial charge is 0.372 e. The first-order valence-electron chi connectivity index (χ1n) is 5.43. The van der Waals surface area contributed by atoms with Crippen molar-refractivity contribution in [1.82, 2.24) is 20.1 Å². The molecule has 0 aliphatic carbocycles. The number of nitrogens with zero attached hydrogens (tertiary/aromatic N) is 2. The predicted octanol–water partition coefficient (Wildman–Crippen LogP) is 1.17. The van der Waals surface area contributed by atoms with Crippen LogP contribution in [0.3, 0.4) is 0 Å². The van der Waals surface area contributed by atoms with Crippen LogP contribution in [-0.4, -0.2) is 33.9 Å². The molecule has 7 heteroatoms. The van der Waals surface area contributed by atoms with Crippen LogP contribution < -0.4 is 5.32 Å². The van der Waals surface area contributed by atoms with Crippen molar-refractivity contribution in [3.05, 3.63) is 10.6 Å². The van der Waals surface area contributed by atoms with Gasteiger partial charge in [0.15, 0.2) is 10.6 Å². The molecule has 0 fully saturated rings. The zero-order valence-corrected chi connectivity index (χ0v) is 11.3. The molecule has 1 heterocycles. The Balaban J connectivity index is 2.70. The lowest BCUT2D eigenvalue weighted by atomic mass is 10.3. The van der Waals surface area contributed by atoms with Crippen molar-refractivity contribution >= 4 is 18.1 Å². The van der Waals surface area contributed by atoms with Crippen molar-refractivity contribution in [1.29, 1.82) is 0 Å². The van der Waals surface area contributed by atoms with E-state index >= 15 is 0 Å². The number of nitrogens with one attached hydrogen (secondary N) is 2. The molecule has 0 aliphatic heterocycles. The molecular formula is C10H18N4O2S. The van der Waals surface area contributed by atoms with Gasteiger partial charge in [0.2, 0.25) is 5.91 Å². The number of hydrogen-bond acceptors (Lipinski definition) is 4. The van der Waals surface area contributed by atoms with Crippen LogP contribution in [0.1, 0.15) is 32.6 Å². The summed E-state index contributed by atoms with van der Waals surface area (Å²) in [7, 11) is 1.49. The minimum Gasteiger partial charge on any atom is -0.372 e. The molecule has 0 saturated carbocycles. The van der Waals surface area contributed by atoms with Gasteiger partial charge in [0.25, 0.3) is 0 Å². The fraction of sp³-hybridized carbons (Fsp3) is 0.700. The summed E-state index contributed by atoms with van der Waals surface area (Å²) in [6.07, 6.45) is -0.468. The van der Waals surface area contributed by atoms with E-state index in [1.54, 1.807) is 6.92 Å². The number of carbonyl (C=O) groups is 1. The van der Waals surface area contributed by atoms with Crippen LogP contribution in [-0.2, 0) is 16.1 Å². The smallest absolute Gasteiger partial charge is 0.249 e. The van der Waals surface area contributed by atoms with Crippen LogP contribution in [0.15, 0.2) is 0 Å². The highest BCUT2D eigenvalue weighted by Gasteiger charge is 2.14. The number of hydrogen-bond donors (Lipinski definition) is 2. The molecule has 0 radical (unpaired) electrons. The normalized spacial score (nSPS) is 12.8. The average molecular weight is 258 g/mol. The Labute approximate surface area is 105 Å². The molecule has 0 aliphatic rings. The number of ether oxygens (including phenoxy) is 1. The molecule has 0 bridgehead atoms. The number of amides is 1. The topological polar surface area (TPSA) is 71.9 Å². The Kier molecular flexibility index (Phi) is 4.83. The van der Waals surface area contributed by atoms with Gasteiger partial charge in [0.05, 0.1) is 6.54 Å². The van der Waals surface area contributed by atoms with E-state index in [4.69, 9.17) is 17.0 Å². The van der Waals surface area contributed by atoms with Crippen molar-refractivity contribution < 1.29 is 9.53 Å². The van der Waals surface area contributed by atoms with E-state index in [2.05, 4.69) is 15.5 Å². The van der Waals surface area contributed by atoms with E-state index in [0.717, 1.165) is 0 Å². The minimum atomic E-state index is -0.468. The summed E-state index contributed by atoms with van der Waals surface area (Å²) in [5.41, 5.74) is 0. The van der Waals surface area contributed by atoms with Gasteiger partial charge < -0.3 is 14.6 Å². The van der Waals surface area contributed by atoms with Crippen LogP contribution in [0.5, 0.6) is 0 Å².